The summed E-state index contributed by atoms with van der Waals surface area (Å²) in [5.74, 6) is 0. The standard InChI is InChI=1S/C124H64/c1-2-30-102-78-70-94-22-6-14-34-110(94)118(102)122-106(82-74-98-26-10-18-38-114(98)122)66-62-90-55-47-86(48-56-90)43-44-88-51-59-92(60-52-88)64-68-108-84-76-100-28-12-20-40-116(100)124(108)120-104(80-72-96-24-8-16-36-112(96)120)32-4-3-31-103-79-71-95-23-7-15-35-111(95)119(103)123-107(83-75-99-27-11-19-39-115(99)123)67-63-91-57-49-87(50-58-91)42-41-85-45-53-89(54-46-85)61-65-105-81-73-97-25-9-17-37-113(97)121(105)117-101(29-1)77-69-93-21-5-13-33-109(93)117/h5-28,33-40,45-60,69-84H. The lowest BCUT2D eigenvalue weighted by Gasteiger charge is -2.03. The number of hydrogen-bond acceptors (Lipinski definition) is 0. The highest BCUT2D eigenvalue weighted by atomic mass is 14.1. The minimum atomic E-state index is 0.846. The van der Waals surface area contributed by atoms with E-state index in [2.05, 4.69) is 406 Å². The molecule has 7 aliphatic rings. The Kier molecular flexibility index (Phi) is 19.5. The van der Waals surface area contributed by atoms with Gasteiger partial charge in [-0.2, -0.15) is 0 Å². The summed E-state index contributed by atoms with van der Waals surface area (Å²) in [6, 6.07) is 135. The van der Waals surface area contributed by atoms with Crippen molar-refractivity contribution in [2.24, 2.45) is 0 Å². The SMILES string of the molecule is C1=C=C=c2ccc3ccccc3c2=c2c(ccc3ccccc23)=C=C=c2ccc(cc2)=C=C=c2ccc(cc2)=C=C=c2ccc3ccccc3c2=c2c(ccc3ccccc23)=C=C=C=C=c2ccc3ccccc3c2=c2c(ccc3ccccc23)=C=C=c2ccc(cc2)=C=C=c2ccc(cc2)=C=C=c2ccc3ccccc3c2=c2c(ccc3ccccc23)=C=1. The molecule has 0 heterocycles. The molecular weight excluding hydrogens is 1490 g/mol. The highest BCUT2D eigenvalue weighted by Gasteiger charge is 2.09. The Labute approximate surface area is 709 Å². The van der Waals surface area contributed by atoms with Gasteiger partial charge in [0.05, 0.1) is 0 Å². The van der Waals surface area contributed by atoms with Crippen molar-refractivity contribution in [3.05, 3.63) is 536 Å². The second-order valence-electron chi connectivity index (χ2n) is 30.5. The maximum Gasteiger partial charge on any atom is 0.0341 e. The summed E-state index contributed by atoms with van der Waals surface area (Å²) < 4.78 is 0. The monoisotopic (exact) mass is 1550 g/mol. The summed E-state index contributed by atoms with van der Waals surface area (Å²) in [5.41, 5.74) is 70.3. The Balaban J connectivity index is 0.873. The fraction of sp³-hybridized carbons (Fsp3) is 0. The van der Waals surface area contributed by atoms with E-state index >= 15 is 0 Å². The van der Waals surface area contributed by atoms with Crippen molar-refractivity contribution >= 4 is 178 Å². The van der Waals surface area contributed by atoms with Gasteiger partial charge in [0.1, 0.15) is 0 Å². The number of hydrogen-bond donors (Lipinski definition) is 0. The Morgan fingerprint density at radius 3 is 0.363 bits per heavy atom. The van der Waals surface area contributed by atoms with Crippen LogP contribution in [0.5, 0.6) is 0 Å². The van der Waals surface area contributed by atoms with Gasteiger partial charge in [-0.15, -0.1) is 0 Å². The average molecular weight is 1550 g/mol. The highest BCUT2D eigenvalue weighted by molar-refractivity contribution is 5.93. The third-order valence-electron chi connectivity index (χ3n) is 23.0. The van der Waals surface area contributed by atoms with Gasteiger partial charge in [-0.05, 0) is 255 Å². The Hall–Kier alpha value is -17.9. The van der Waals surface area contributed by atoms with Gasteiger partial charge in [-0.3, -0.25) is 0 Å². The second kappa shape index (κ2) is 32.9. The molecule has 0 heteroatoms. The summed E-state index contributed by atoms with van der Waals surface area (Å²) in [4.78, 5) is 0. The fourth-order valence-electron chi connectivity index (χ4n) is 16.9. The van der Waals surface area contributed by atoms with Gasteiger partial charge in [0.15, 0.2) is 0 Å². The molecule has 0 N–H and O–H groups in total. The van der Waals surface area contributed by atoms with Crippen LogP contribution < -0.4 is 83.5 Å². The van der Waals surface area contributed by atoms with Gasteiger partial charge < -0.3 is 0 Å². The maximum atomic E-state index is 3.65. The van der Waals surface area contributed by atoms with E-state index in [9.17, 15) is 0 Å². The van der Waals surface area contributed by atoms with Crippen LogP contribution in [0.15, 0.2) is 411 Å². The first kappa shape index (κ1) is 73.7. The third-order valence-corrected chi connectivity index (χ3v) is 23.0. The smallest absolute Gasteiger partial charge is 0.0341 e. The van der Waals surface area contributed by atoms with E-state index in [0.717, 1.165) is 211 Å². The van der Waals surface area contributed by atoms with Crippen LogP contribution in [0.3, 0.4) is 0 Å². The lowest BCUT2D eigenvalue weighted by Crippen LogP contribution is -2.10. The summed E-state index contributed by atoms with van der Waals surface area (Å²) in [7, 11) is 0. The molecule has 0 nitrogen and oxygen atoms in total. The van der Waals surface area contributed by atoms with Crippen molar-refractivity contribution < 1.29 is 0 Å². The van der Waals surface area contributed by atoms with Crippen LogP contribution in [0.1, 0.15) is 0 Å². The quantitative estimate of drug-likeness (QED) is 0.133. The van der Waals surface area contributed by atoms with Gasteiger partial charge in [0, 0.05) is 125 Å². The molecule has 0 aliphatic heterocycles. The van der Waals surface area contributed by atoms with E-state index in [1.54, 1.807) is 0 Å². The maximum absolute atomic E-state index is 3.65. The van der Waals surface area contributed by atoms with Crippen molar-refractivity contribution in [1.82, 2.24) is 0 Å². The normalized spacial score (nSPS) is 11.2. The van der Waals surface area contributed by atoms with E-state index in [0.29, 0.717) is 0 Å². The van der Waals surface area contributed by atoms with Crippen molar-refractivity contribution in [3.63, 3.8) is 0 Å². The number of fused-ring (bicyclic) bond motifs is 8. The van der Waals surface area contributed by atoms with Gasteiger partial charge in [0.2, 0.25) is 0 Å². The van der Waals surface area contributed by atoms with Gasteiger partial charge in [0.25, 0.3) is 0 Å². The first-order valence-electron chi connectivity index (χ1n) is 41.2. The topological polar surface area (TPSA) is 0 Å². The largest absolute Gasteiger partial charge is 0.0617 e. The van der Waals surface area contributed by atoms with Crippen molar-refractivity contribution in [2.45, 2.75) is 0 Å². The third kappa shape index (κ3) is 14.7. The number of benzene rings is 20. The van der Waals surface area contributed by atoms with E-state index in [1.165, 1.54) is 0 Å². The van der Waals surface area contributed by atoms with Crippen LogP contribution >= 0.6 is 0 Å². The molecule has 20 aromatic carbocycles. The zero-order valence-electron chi connectivity index (χ0n) is 67.0. The zero-order chi connectivity index (χ0) is 82.5. The lowest BCUT2D eigenvalue weighted by molar-refractivity contribution is 1.48. The predicted molar refractivity (Wildman–Crippen MR) is 511 cm³/mol. The highest BCUT2D eigenvalue weighted by Crippen LogP contribution is 2.23. The van der Waals surface area contributed by atoms with Crippen LogP contribution in [0.4, 0.5) is 0 Å². The molecule has 0 saturated carbocycles. The molecule has 0 amide bonds. The van der Waals surface area contributed by atoms with E-state index in [1.807, 2.05) is 97.1 Å². The molecular formula is C124H64. The molecule has 0 saturated heterocycles. The molecule has 7 aliphatic carbocycles. The molecule has 124 heavy (non-hydrogen) atoms. The molecule has 0 aromatic heterocycles. The Morgan fingerprint density at radius 1 is 0.0968 bits per heavy atom. The van der Waals surface area contributed by atoms with Crippen molar-refractivity contribution in [1.29, 1.82) is 0 Å². The fourth-order valence-corrected chi connectivity index (χ4v) is 16.9. The first-order chi connectivity index (χ1) is 61.5. The van der Waals surface area contributed by atoms with Crippen LogP contribution in [0.25, 0.3) is 178 Å². The first-order valence-corrected chi connectivity index (χ1v) is 41.2. The molecule has 0 spiro atoms. The predicted octanol–water partition coefficient (Wildman–Crippen LogP) is 15.1. The van der Waals surface area contributed by atoms with Gasteiger partial charge in [-0.1, -0.05) is 334 Å². The molecule has 560 valence electrons. The molecule has 0 fully saturated rings. The summed E-state index contributed by atoms with van der Waals surface area (Å²) in [5, 5.41) is 39.3. The zero-order valence-corrected chi connectivity index (χ0v) is 67.0. The van der Waals surface area contributed by atoms with E-state index in [4.69, 9.17) is 0 Å². The molecule has 20 aromatic rings. The van der Waals surface area contributed by atoms with Crippen LogP contribution in [0, 0.1) is 41.7 Å². The average Bonchev–Trinajstić information content (AvgIpc) is 0.766. The van der Waals surface area contributed by atoms with Crippen LogP contribution in [-0.4, -0.2) is 0 Å². The van der Waals surface area contributed by atoms with Gasteiger partial charge in [-0.25, -0.2) is 0 Å². The van der Waals surface area contributed by atoms with E-state index in [-0.39, 0.29) is 0 Å². The Bertz CT molecular complexity index is 9180. The minimum absolute atomic E-state index is 0.846. The molecule has 0 radical (unpaired) electrons. The molecule has 8 bridgehead atoms. The van der Waals surface area contributed by atoms with Gasteiger partial charge >= 0.3 is 0 Å². The molecule has 0 unspecified atom stereocenters. The number of rotatable bonds is 0. The summed E-state index contributed by atoms with van der Waals surface area (Å²) in [6.07, 6.45) is 0. The minimum Gasteiger partial charge on any atom is -0.0617 e. The van der Waals surface area contributed by atoms with Crippen molar-refractivity contribution in [3.8, 4) is 0 Å². The van der Waals surface area contributed by atoms with Crippen LogP contribution in [0.2, 0.25) is 0 Å². The second-order valence-corrected chi connectivity index (χ2v) is 30.5. The molecule has 0 atom stereocenters. The summed E-state index contributed by atoms with van der Waals surface area (Å²) in [6.45, 7) is 0. The van der Waals surface area contributed by atoms with Crippen molar-refractivity contribution in [2.75, 3.05) is 0 Å². The Morgan fingerprint density at radius 2 is 0.218 bits per heavy atom. The van der Waals surface area contributed by atoms with E-state index < -0.39 is 0 Å². The summed E-state index contributed by atoms with van der Waals surface area (Å²) >= 11 is 0. The van der Waals surface area contributed by atoms with Crippen LogP contribution in [-0.2, 0) is 0 Å². The molecule has 27 rings (SSSR count). The lowest BCUT2D eigenvalue weighted by atomic mass is 9.99.